The number of para-hydroxylation sites is 1. The molecule has 1 aliphatic rings. The number of hydrogen-bond donors (Lipinski definition) is 1. The molecule has 1 fully saturated rings. The summed E-state index contributed by atoms with van der Waals surface area (Å²) in [5.74, 6) is 0.224. The number of thiazole rings is 1. The summed E-state index contributed by atoms with van der Waals surface area (Å²) in [5, 5.41) is 4.21. The van der Waals surface area contributed by atoms with Gasteiger partial charge in [-0.15, -0.1) is 11.3 Å². The summed E-state index contributed by atoms with van der Waals surface area (Å²) in [4.78, 5) is 16.5. The van der Waals surface area contributed by atoms with Crippen LogP contribution in [0.15, 0.2) is 24.3 Å². The van der Waals surface area contributed by atoms with Gasteiger partial charge in [-0.3, -0.25) is 4.79 Å². The number of fused-ring (bicyclic) bond motifs is 1. The molecule has 0 saturated carbocycles. The van der Waals surface area contributed by atoms with E-state index in [1.807, 2.05) is 24.3 Å². The van der Waals surface area contributed by atoms with Crippen LogP contribution >= 0.6 is 11.3 Å². The number of nitrogens with zero attached hydrogens (tertiary/aromatic N) is 1. The van der Waals surface area contributed by atoms with Crippen LogP contribution in [0.1, 0.15) is 11.4 Å². The highest BCUT2D eigenvalue weighted by Crippen LogP contribution is 2.22. The molecule has 0 bridgehead atoms. The fraction of sp³-hybridized carbons (Fsp3) is 0.429. The molecule has 0 aliphatic carbocycles. The van der Waals surface area contributed by atoms with E-state index in [1.165, 1.54) is 0 Å². The zero-order valence-electron chi connectivity index (χ0n) is 10.6. The van der Waals surface area contributed by atoms with E-state index >= 15 is 0 Å². The zero-order chi connectivity index (χ0) is 13.1. The van der Waals surface area contributed by atoms with Crippen LogP contribution in [-0.2, 0) is 16.0 Å². The summed E-state index contributed by atoms with van der Waals surface area (Å²) in [6.07, 6.45) is 0.952. The molecule has 3 rings (SSSR count). The lowest BCUT2D eigenvalue weighted by Gasteiger charge is -2.22. The average molecular weight is 276 g/mol. The lowest BCUT2D eigenvalue weighted by atomic mass is 10.1. The largest absolute Gasteiger partial charge is 0.379 e. The summed E-state index contributed by atoms with van der Waals surface area (Å²) in [7, 11) is 0. The lowest BCUT2D eigenvalue weighted by molar-refractivity contribution is -0.119. The minimum atomic E-state index is 0.163. The number of benzene rings is 1. The molecule has 1 saturated heterocycles. The van der Waals surface area contributed by atoms with Gasteiger partial charge < -0.3 is 10.1 Å². The summed E-state index contributed by atoms with van der Waals surface area (Å²) in [6.45, 7) is 2.20. The molecule has 1 atom stereocenters. The fourth-order valence-corrected chi connectivity index (χ4v) is 3.26. The fourth-order valence-electron chi connectivity index (χ4n) is 2.26. The average Bonchev–Trinajstić information content (AvgIpc) is 2.81. The summed E-state index contributed by atoms with van der Waals surface area (Å²) >= 11 is 1.60. The summed E-state index contributed by atoms with van der Waals surface area (Å²) in [6, 6.07) is 8.15. The zero-order valence-corrected chi connectivity index (χ0v) is 11.4. The van der Waals surface area contributed by atoms with E-state index in [9.17, 15) is 4.79 Å². The van der Waals surface area contributed by atoms with Gasteiger partial charge in [0.15, 0.2) is 0 Å². The molecule has 0 spiro atoms. The van der Waals surface area contributed by atoms with Crippen LogP contribution in [0, 0.1) is 0 Å². The number of ketones is 1. The van der Waals surface area contributed by atoms with E-state index in [-0.39, 0.29) is 11.8 Å². The Morgan fingerprint density at radius 2 is 2.37 bits per heavy atom. The van der Waals surface area contributed by atoms with Gasteiger partial charge >= 0.3 is 0 Å². The van der Waals surface area contributed by atoms with E-state index in [2.05, 4.69) is 10.3 Å². The number of ether oxygens (including phenoxy) is 1. The molecular weight excluding hydrogens is 260 g/mol. The van der Waals surface area contributed by atoms with Crippen LogP contribution in [0.5, 0.6) is 0 Å². The van der Waals surface area contributed by atoms with Crippen molar-refractivity contribution in [3.8, 4) is 0 Å². The molecule has 2 heterocycles. The van der Waals surface area contributed by atoms with Crippen molar-refractivity contribution in [2.24, 2.45) is 0 Å². The van der Waals surface area contributed by atoms with Crippen LogP contribution in [-0.4, -0.2) is 36.6 Å². The maximum atomic E-state index is 12.0. The smallest absolute Gasteiger partial charge is 0.141 e. The lowest BCUT2D eigenvalue weighted by Crippen LogP contribution is -2.42. The summed E-state index contributed by atoms with van der Waals surface area (Å²) in [5.41, 5.74) is 0.981. The minimum Gasteiger partial charge on any atom is -0.379 e. The molecule has 1 aliphatic heterocycles. The van der Waals surface area contributed by atoms with Crippen LogP contribution in [0.3, 0.4) is 0 Å². The first-order valence-corrected chi connectivity index (χ1v) is 7.30. The first-order valence-electron chi connectivity index (χ1n) is 6.48. The van der Waals surface area contributed by atoms with Crippen LogP contribution in [0.4, 0.5) is 0 Å². The molecule has 4 nitrogen and oxygen atoms in total. The molecule has 5 heteroatoms. The number of carbonyl (C=O) groups excluding carboxylic acids is 1. The van der Waals surface area contributed by atoms with Gasteiger partial charge in [-0.25, -0.2) is 4.98 Å². The van der Waals surface area contributed by atoms with Crippen molar-refractivity contribution < 1.29 is 9.53 Å². The third-order valence-electron chi connectivity index (χ3n) is 3.16. The first kappa shape index (κ1) is 12.7. The SMILES string of the molecule is O=C(Cc1nc2ccccc2s1)CC1COCCN1. The van der Waals surface area contributed by atoms with E-state index < -0.39 is 0 Å². The van der Waals surface area contributed by atoms with Gasteiger partial charge in [-0.2, -0.15) is 0 Å². The van der Waals surface area contributed by atoms with Crippen LogP contribution in [0.25, 0.3) is 10.2 Å². The Labute approximate surface area is 115 Å². The van der Waals surface area contributed by atoms with Crippen molar-refractivity contribution >= 4 is 27.3 Å². The monoisotopic (exact) mass is 276 g/mol. The van der Waals surface area contributed by atoms with E-state index in [0.29, 0.717) is 19.4 Å². The van der Waals surface area contributed by atoms with Crippen molar-refractivity contribution in [1.29, 1.82) is 0 Å². The molecule has 100 valence electrons. The summed E-state index contributed by atoms with van der Waals surface area (Å²) < 4.78 is 6.50. The van der Waals surface area contributed by atoms with Gasteiger partial charge in [-0.1, -0.05) is 12.1 Å². The third kappa shape index (κ3) is 3.18. The number of hydrogen-bond acceptors (Lipinski definition) is 5. The van der Waals surface area contributed by atoms with Crippen LogP contribution in [0.2, 0.25) is 0 Å². The Kier molecular flexibility index (Phi) is 3.87. The number of Topliss-reactive ketones (excluding diaryl/α,β-unsaturated/α-hetero) is 1. The number of carbonyl (C=O) groups is 1. The molecule has 2 aromatic rings. The second-order valence-corrected chi connectivity index (χ2v) is 5.84. The Hall–Kier alpha value is -1.30. The molecular formula is C14H16N2O2S. The Morgan fingerprint density at radius 3 is 3.16 bits per heavy atom. The van der Waals surface area contributed by atoms with E-state index in [1.54, 1.807) is 11.3 Å². The topological polar surface area (TPSA) is 51.2 Å². The van der Waals surface area contributed by atoms with Gasteiger partial charge in [0.25, 0.3) is 0 Å². The molecule has 1 unspecified atom stereocenters. The number of morpholine rings is 1. The maximum Gasteiger partial charge on any atom is 0.141 e. The maximum absolute atomic E-state index is 12.0. The molecule has 19 heavy (non-hydrogen) atoms. The Balaban J connectivity index is 1.62. The number of rotatable bonds is 4. The molecule has 0 amide bonds. The number of aromatic nitrogens is 1. The van der Waals surface area contributed by atoms with Crippen molar-refractivity contribution in [2.75, 3.05) is 19.8 Å². The van der Waals surface area contributed by atoms with Gasteiger partial charge in [-0.05, 0) is 12.1 Å². The highest BCUT2D eigenvalue weighted by Gasteiger charge is 2.18. The van der Waals surface area contributed by atoms with E-state index in [0.717, 1.165) is 28.4 Å². The standard InChI is InChI=1S/C14H16N2O2S/c17-11(7-10-9-18-6-5-15-10)8-14-16-12-3-1-2-4-13(12)19-14/h1-4,10,15H,5-9H2. The highest BCUT2D eigenvalue weighted by atomic mass is 32.1. The molecule has 0 radical (unpaired) electrons. The van der Waals surface area contributed by atoms with Crippen molar-refractivity contribution in [3.05, 3.63) is 29.3 Å². The molecule has 1 aromatic carbocycles. The first-order chi connectivity index (χ1) is 9.31. The van der Waals surface area contributed by atoms with Crippen LogP contribution < -0.4 is 5.32 Å². The van der Waals surface area contributed by atoms with E-state index in [4.69, 9.17) is 4.74 Å². The van der Waals surface area contributed by atoms with Crippen molar-refractivity contribution in [1.82, 2.24) is 10.3 Å². The second kappa shape index (κ2) is 5.77. The predicted molar refractivity (Wildman–Crippen MR) is 75.6 cm³/mol. The molecule has 1 aromatic heterocycles. The van der Waals surface area contributed by atoms with Crippen molar-refractivity contribution in [3.63, 3.8) is 0 Å². The van der Waals surface area contributed by atoms with Gasteiger partial charge in [0.05, 0.1) is 29.9 Å². The number of nitrogens with one attached hydrogen (secondary N) is 1. The van der Waals surface area contributed by atoms with Gasteiger partial charge in [0, 0.05) is 19.0 Å². The molecule has 1 N–H and O–H groups in total. The Morgan fingerprint density at radius 1 is 1.47 bits per heavy atom. The quantitative estimate of drug-likeness (QED) is 0.925. The second-order valence-electron chi connectivity index (χ2n) is 4.72. The predicted octanol–water partition coefficient (Wildman–Crippen LogP) is 1.79. The van der Waals surface area contributed by atoms with Gasteiger partial charge in [0.1, 0.15) is 10.8 Å². The minimum absolute atomic E-state index is 0.163. The third-order valence-corrected chi connectivity index (χ3v) is 4.20. The normalized spacial score (nSPS) is 19.7. The van der Waals surface area contributed by atoms with Crippen molar-refractivity contribution in [2.45, 2.75) is 18.9 Å². The Bertz CT molecular complexity index is 543. The van der Waals surface area contributed by atoms with Gasteiger partial charge in [0.2, 0.25) is 0 Å². The highest BCUT2D eigenvalue weighted by molar-refractivity contribution is 7.18.